The van der Waals surface area contributed by atoms with Gasteiger partial charge in [-0.3, -0.25) is 14.4 Å². The fourth-order valence-electron chi connectivity index (χ4n) is 3.47. The number of carbonyl (C=O) groups is 1. The summed E-state index contributed by atoms with van der Waals surface area (Å²) in [7, 11) is 0. The molecular weight excluding hydrogens is 312 g/mol. The quantitative estimate of drug-likeness (QED) is 0.826. The van der Waals surface area contributed by atoms with Gasteiger partial charge in [0.05, 0.1) is 6.04 Å². The molecule has 0 bridgehead atoms. The molecule has 0 saturated carbocycles. The van der Waals surface area contributed by atoms with Gasteiger partial charge < -0.3 is 5.32 Å². The highest BCUT2D eigenvalue weighted by Crippen LogP contribution is 2.21. The van der Waals surface area contributed by atoms with Crippen molar-refractivity contribution in [1.82, 2.24) is 14.7 Å². The zero-order valence-electron chi connectivity index (χ0n) is 15.2. The molecule has 1 saturated heterocycles. The highest BCUT2D eigenvalue weighted by molar-refractivity contribution is 6.03. The van der Waals surface area contributed by atoms with Crippen LogP contribution in [0, 0.1) is 0 Å². The summed E-state index contributed by atoms with van der Waals surface area (Å²) < 4.78 is 1.91. The molecule has 2 aromatic rings. The number of hydrogen-bond donors (Lipinski definition) is 1. The number of likely N-dealkylation sites (tertiary alicyclic amines) is 1. The molecule has 5 heteroatoms. The van der Waals surface area contributed by atoms with Crippen molar-refractivity contribution in [3.8, 4) is 0 Å². The van der Waals surface area contributed by atoms with Crippen molar-refractivity contribution in [2.45, 2.75) is 52.1 Å². The maximum Gasteiger partial charge on any atom is 0.276 e. The van der Waals surface area contributed by atoms with Gasteiger partial charge in [0.1, 0.15) is 0 Å². The predicted octanol–water partition coefficient (Wildman–Crippen LogP) is 4.09. The van der Waals surface area contributed by atoms with E-state index in [1.807, 2.05) is 29.1 Å². The molecule has 25 heavy (non-hydrogen) atoms. The Morgan fingerprint density at radius 2 is 1.88 bits per heavy atom. The smallest absolute Gasteiger partial charge is 0.276 e. The molecule has 0 radical (unpaired) electrons. The number of hydrogen-bond acceptors (Lipinski definition) is 3. The number of para-hydroxylation sites is 1. The van der Waals surface area contributed by atoms with E-state index in [1.165, 1.54) is 12.8 Å². The Balaban J connectivity index is 1.70. The summed E-state index contributed by atoms with van der Waals surface area (Å²) in [6.07, 6.45) is 6.46. The maximum absolute atomic E-state index is 12.6. The molecule has 5 nitrogen and oxygen atoms in total. The zero-order chi connectivity index (χ0) is 17.6. The second-order valence-electron chi connectivity index (χ2n) is 6.75. The van der Waals surface area contributed by atoms with Gasteiger partial charge in [-0.2, -0.15) is 5.10 Å². The van der Waals surface area contributed by atoms with Gasteiger partial charge in [0.2, 0.25) is 0 Å². The van der Waals surface area contributed by atoms with E-state index in [9.17, 15) is 4.79 Å². The highest BCUT2D eigenvalue weighted by Gasteiger charge is 2.17. The number of anilines is 1. The van der Waals surface area contributed by atoms with Crippen molar-refractivity contribution in [2.24, 2.45) is 0 Å². The molecule has 0 aliphatic carbocycles. The van der Waals surface area contributed by atoms with E-state index in [4.69, 9.17) is 0 Å². The molecular formula is C20H28N4O. The van der Waals surface area contributed by atoms with E-state index >= 15 is 0 Å². The lowest BCUT2D eigenvalue weighted by atomic mass is 10.1. The van der Waals surface area contributed by atoms with Crippen molar-refractivity contribution >= 4 is 11.6 Å². The largest absolute Gasteiger partial charge is 0.320 e. The standard InChI is InChI=1S/C20H28N4O/c1-3-17(4-2)24-14-11-19(22-24)20(25)21-18-10-6-5-9-16(18)15-23-12-7-8-13-23/h5-6,9-11,14,17H,3-4,7-8,12-13,15H2,1-2H3,(H,21,25). The summed E-state index contributed by atoms with van der Waals surface area (Å²) in [6, 6.07) is 10.2. The van der Waals surface area contributed by atoms with E-state index in [2.05, 4.69) is 35.2 Å². The Bertz CT molecular complexity index is 699. The van der Waals surface area contributed by atoms with Crippen molar-refractivity contribution in [2.75, 3.05) is 18.4 Å². The van der Waals surface area contributed by atoms with Crippen LogP contribution < -0.4 is 5.32 Å². The van der Waals surface area contributed by atoms with Gasteiger partial charge in [0.15, 0.2) is 5.69 Å². The van der Waals surface area contributed by atoms with Gasteiger partial charge in [-0.25, -0.2) is 0 Å². The number of rotatable bonds is 7. The summed E-state index contributed by atoms with van der Waals surface area (Å²) >= 11 is 0. The Morgan fingerprint density at radius 1 is 1.16 bits per heavy atom. The summed E-state index contributed by atoms with van der Waals surface area (Å²) in [5.74, 6) is -0.140. The van der Waals surface area contributed by atoms with Crippen molar-refractivity contribution in [1.29, 1.82) is 0 Å². The molecule has 1 N–H and O–H groups in total. The second-order valence-corrected chi connectivity index (χ2v) is 6.75. The van der Waals surface area contributed by atoms with Crippen LogP contribution in [0.25, 0.3) is 0 Å². The van der Waals surface area contributed by atoms with Crippen molar-refractivity contribution in [3.63, 3.8) is 0 Å². The normalized spacial score (nSPS) is 15.0. The summed E-state index contributed by atoms with van der Waals surface area (Å²) in [6.45, 7) is 7.46. The molecule has 1 aliphatic heterocycles. The van der Waals surface area contributed by atoms with Crippen molar-refractivity contribution in [3.05, 3.63) is 47.8 Å². The summed E-state index contributed by atoms with van der Waals surface area (Å²) in [5.41, 5.74) is 2.52. The summed E-state index contributed by atoms with van der Waals surface area (Å²) in [4.78, 5) is 15.1. The monoisotopic (exact) mass is 340 g/mol. The van der Waals surface area contributed by atoms with Gasteiger partial charge >= 0.3 is 0 Å². The van der Waals surface area contributed by atoms with Crippen LogP contribution in [0.5, 0.6) is 0 Å². The lowest BCUT2D eigenvalue weighted by Crippen LogP contribution is -2.21. The third kappa shape index (κ3) is 4.28. The molecule has 134 valence electrons. The van der Waals surface area contributed by atoms with Crippen LogP contribution in [0.2, 0.25) is 0 Å². The minimum atomic E-state index is -0.140. The Kier molecular flexibility index (Phi) is 5.87. The van der Waals surface area contributed by atoms with Gasteiger partial charge in [-0.15, -0.1) is 0 Å². The molecule has 1 fully saturated rings. The van der Waals surface area contributed by atoms with Gasteiger partial charge in [-0.05, 0) is 56.5 Å². The topological polar surface area (TPSA) is 50.2 Å². The van der Waals surface area contributed by atoms with Gasteiger partial charge in [0, 0.05) is 18.4 Å². The van der Waals surface area contributed by atoms with Crippen LogP contribution in [0.3, 0.4) is 0 Å². The Morgan fingerprint density at radius 3 is 2.60 bits per heavy atom. The van der Waals surface area contributed by atoms with E-state index in [0.717, 1.165) is 43.7 Å². The fourth-order valence-corrected chi connectivity index (χ4v) is 3.47. The van der Waals surface area contributed by atoms with Crippen LogP contribution in [0.15, 0.2) is 36.5 Å². The molecule has 0 unspecified atom stereocenters. The van der Waals surface area contributed by atoms with Crippen LogP contribution >= 0.6 is 0 Å². The maximum atomic E-state index is 12.6. The van der Waals surface area contributed by atoms with E-state index < -0.39 is 0 Å². The first-order chi connectivity index (χ1) is 12.2. The number of benzene rings is 1. The SMILES string of the molecule is CCC(CC)n1ccc(C(=O)Nc2ccccc2CN2CCCC2)n1. The molecule has 0 spiro atoms. The number of nitrogens with zero attached hydrogens (tertiary/aromatic N) is 3. The molecule has 2 heterocycles. The number of carbonyl (C=O) groups excluding carboxylic acids is 1. The van der Waals surface area contributed by atoms with Crippen LogP contribution in [-0.2, 0) is 6.54 Å². The average molecular weight is 340 g/mol. The van der Waals surface area contributed by atoms with Crippen LogP contribution in [0.1, 0.15) is 61.6 Å². The fraction of sp³-hybridized carbons (Fsp3) is 0.500. The average Bonchev–Trinajstić information content (AvgIpc) is 3.30. The van der Waals surface area contributed by atoms with E-state index in [-0.39, 0.29) is 5.91 Å². The minimum Gasteiger partial charge on any atom is -0.320 e. The second kappa shape index (κ2) is 8.30. The van der Waals surface area contributed by atoms with Crippen LogP contribution in [0.4, 0.5) is 5.69 Å². The zero-order valence-corrected chi connectivity index (χ0v) is 15.2. The number of nitrogens with one attached hydrogen (secondary N) is 1. The lowest BCUT2D eigenvalue weighted by Gasteiger charge is -2.17. The van der Waals surface area contributed by atoms with E-state index in [1.54, 1.807) is 6.07 Å². The first-order valence-electron chi connectivity index (χ1n) is 9.38. The van der Waals surface area contributed by atoms with Gasteiger partial charge in [0.25, 0.3) is 5.91 Å². The Labute approximate surface area is 150 Å². The lowest BCUT2D eigenvalue weighted by molar-refractivity contribution is 0.102. The van der Waals surface area contributed by atoms with Crippen molar-refractivity contribution < 1.29 is 4.79 Å². The molecule has 1 amide bonds. The van der Waals surface area contributed by atoms with E-state index in [0.29, 0.717) is 11.7 Å². The highest BCUT2D eigenvalue weighted by atomic mass is 16.1. The predicted molar refractivity (Wildman–Crippen MR) is 101 cm³/mol. The third-order valence-corrected chi connectivity index (χ3v) is 5.02. The molecule has 1 aliphatic rings. The first kappa shape index (κ1) is 17.7. The first-order valence-corrected chi connectivity index (χ1v) is 9.38. The summed E-state index contributed by atoms with van der Waals surface area (Å²) in [5, 5.41) is 7.52. The molecule has 1 aromatic carbocycles. The minimum absolute atomic E-state index is 0.140. The molecule has 1 aromatic heterocycles. The van der Waals surface area contributed by atoms with Crippen LogP contribution in [-0.4, -0.2) is 33.7 Å². The molecule has 3 rings (SSSR count). The number of aromatic nitrogens is 2. The Hall–Kier alpha value is -2.14. The van der Waals surface area contributed by atoms with Gasteiger partial charge in [-0.1, -0.05) is 32.0 Å². The molecule has 0 atom stereocenters. The number of amides is 1. The third-order valence-electron chi connectivity index (χ3n) is 5.02.